The third kappa shape index (κ3) is 3.54. The molecule has 4 rings (SSSR count). The van der Waals surface area contributed by atoms with Gasteiger partial charge in [-0.15, -0.1) is 11.3 Å². The molecule has 0 spiro atoms. The molecule has 3 aromatic rings. The lowest BCUT2D eigenvalue weighted by molar-refractivity contribution is 0.352. The first-order valence-corrected chi connectivity index (χ1v) is 9.43. The van der Waals surface area contributed by atoms with Crippen LogP contribution < -0.4 is 5.32 Å². The summed E-state index contributed by atoms with van der Waals surface area (Å²) >= 11 is 1.19. The van der Waals surface area contributed by atoms with Crippen LogP contribution in [0, 0.1) is 17.5 Å². The van der Waals surface area contributed by atoms with Crippen molar-refractivity contribution in [2.75, 3.05) is 31.5 Å². The van der Waals surface area contributed by atoms with Gasteiger partial charge in [0, 0.05) is 30.9 Å². The molecule has 0 radical (unpaired) electrons. The highest BCUT2D eigenvalue weighted by Crippen LogP contribution is 2.34. The minimum Gasteiger partial charge on any atom is -0.384 e. The van der Waals surface area contributed by atoms with Gasteiger partial charge in [-0.2, -0.15) is 0 Å². The van der Waals surface area contributed by atoms with Gasteiger partial charge in [-0.05, 0) is 44.1 Å². The molecule has 0 bridgehead atoms. The Morgan fingerprint density at radius 2 is 1.77 bits per heavy atom. The number of benzene rings is 2. The summed E-state index contributed by atoms with van der Waals surface area (Å²) in [7, 11) is 0. The molecule has 7 heteroatoms. The third-order valence-electron chi connectivity index (χ3n) is 4.56. The molecule has 1 aliphatic rings. The van der Waals surface area contributed by atoms with Gasteiger partial charge in [0.15, 0.2) is 0 Å². The Hall–Kier alpha value is -2.12. The highest BCUT2D eigenvalue weighted by atomic mass is 32.1. The van der Waals surface area contributed by atoms with Crippen LogP contribution in [0.1, 0.15) is 12.8 Å². The van der Waals surface area contributed by atoms with Crippen molar-refractivity contribution in [3.63, 3.8) is 0 Å². The minimum atomic E-state index is -0.939. The number of aromatic nitrogens is 1. The maximum Gasteiger partial charge on any atom is 0.139 e. The maximum atomic E-state index is 14.0. The highest BCUT2D eigenvalue weighted by Gasteiger charge is 2.17. The van der Waals surface area contributed by atoms with E-state index in [0.717, 1.165) is 36.6 Å². The number of anilines is 1. The summed E-state index contributed by atoms with van der Waals surface area (Å²) in [4.78, 5) is 6.77. The second-order valence-electron chi connectivity index (χ2n) is 6.42. The Kier molecular flexibility index (Phi) is 4.82. The zero-order chi connectivity index (χ0) is 18.1. The normalized spacial score (nSPS) is 15.0. The average molecular weight is 377 g/mol. The smallest absolute Gasteiger partial charge is 0.139 e. The Morgan fingerprint density at radius 3 is 2.50 bits per heavy atom. The molecule has 136 valence electrons. The van der Waals surface area contributed by atoms with Crippen LogP contribution in [0.15, 0.2) is 30.3 Å². The Bertz CT molecular complexity index is 912. The molecule has 0 atom stereocenters. The lowest BCUT2D eigenvalue weighted by atomic mass is 10.2. The first-order valence-electron chi connectivity index (χ1n) is 8.62. The van der Waals surface area contributed by atoms with Crippen LogP contribution in [0.2, 0.25) is 0 Å². The molecular weight excluding hydrogens is 359 g/mol. The van der Waals surface area contributed by atoms with Gasteiger partial charge in [0.1, 0.15) is 22.5 Å². The number of likely N-dealkylation sites (tertiary alicyclic amines) is 1. The third-order valence-corrected chi connectivity index (χ3v) is 5.62. The first kappa shape index (κ1) is 17.3. The second-order valence-corrected chi connectivity index (χ2v) is 7.45. The molecule has 1 aromatic heterocycles. The van der Waals surface area contributed by atoms with E-state index in [1.165, 1.54) is 24.2 Å². The Labute approximate surface area is 153 Å². The van der Waals surface area contributed by atoms with E-state index in [0.29, 0.717) is 17.6 Å². The molecule has 2 heterocycles. The summed E-state index contributed by atoms with van der Waals surface area (Å²) in [5.74, 6) is -2.81. The predicted octanol–water partition coefficient (Wildman–Crippen LogP) is 4.89. The van der Waals surface area contributed by atoms with Crippen LogP contribution in [-0.4, -0.2) is 36.1 Å². The summed E-state index contributed by atoms with van der Waals surface area (Å²) in [6, 6.07) is 7.05. The van der Waals surface area contributed by atoms with Crippen molar-refractivity contribution in [3.8, 4) is 10.6 Å². The van der Waals surface area contributed by atoms with Gasteiger partial charge < -0.3 is 10.2 Å². The SMILES string of the molecule is Fc1cc(F)c(-c2nc3cc(NCCN4CCCC4)ccc3s2)c(F)c1. The molecule has 0 unspecified atom stereocenters. The summed E-state index contributed by atoms with van der Waals surface area (Å²) in [5, 5.41) is 3.58. The zero-order valence-corrected chi connectivity index (χ0v) is 14.9. The molecule has 2 aromatic carbocycles. The largest absolute Gasteiger partial charge is 0.384 e. The molecule has 0 aliphatic carbocycles. The molecule has 0 amide bonds. The van der Waals surface area contributed by atoms with E-state index < -0.39 is 17.5 Å². The van der Waals surface area contributed by atoms with E-state index in [1.807, 2.05) is 18.2 Å². The van der Waals surface area contributed by atoms with Gasteiger partial charge in [-0.1, -0.05) is 0 Å². The van der Waals surface area contributed by atoms with E-state index in [4.69, 9.17) is 0 Å². The molecule has 1 saturated heterocycles. The van der Waals surface area contributed by atoms with E-state index in [1.54, 1.807) is 0 Å². The van der Waals surface area contributed by atoms with Gasteiger partial charge in [-0.3, -0.25) is 0 Å². The Morgan fingerprint density at radius 1 is 1.04 bits per heavy atom. The van der Waals surface area contributed by atoms with Gasteiger partial charge in [0.05, 0.1) is 15.8 Å². The monoisotopic (exact) mass is 377 g/mol. The quantitative estimate of drug-likeness (QED) is 0.686. The molecule has 3 nitrogen and oxygen atoms in total. The lowest BCUT2D eigenvalue weighted by Gasteiger charge is -2.15. The van der Waals surface area contributed by atoms with Crippen LogP contribution in [0.5, 0.6) is 0 Å². The van der Waals surface area contributed by atoms with Gasteiger partial charge >= 0.3 is 0 Å². The van der Waals surface area contributed by atoms with Gasteiger partial charge in [0.25, 0.3) is 0 Å². The number of nitrogens with one attached hydrogen (secondary N) is 1. The average Bonchev–Trinajstić information content (AvgIpc) is 3.23. The van der Waals surface area contributed by atoms with Crippen molar-refractivity contribution < 1.29 is 13.2 Å². The van der Waals surface area contributed by atoms with Crippen molar-refractivity contribution in [2.45, 2.75) is 12.8 Å². The minimum absolute atomic E-state index is 0.212. The number of rotatable bonds is 5. The standard InChI is InChI=1S/C19H18F3N3S/c20-12-9-14(21)18(15(22)10-12)19-24-16-11-13(3-4-17(16)26-19)23-5-8-25-6-1-2-7-25/h3-4,9-11,23H,1-2,5-8H2. The fraction of sp³-hybridized carbons (Fsp3) is 0.316. The van der Waals surface area contributed by atoms with Crippen LogP contribution >= 0.6 is 11.3 Å². The fourth-order valence-corrected chi connectivity index (χ4v) is 4.25. The van der Waals surface area contributed by atoms with Crippen molar-refractivity contribution >= 4 is 27.2 Å². The van der Waals surface area contributed by atoms with Crippen molar-refractivity contribution in [3.05, 3.63) is 47.8 Å². The highest BCUT2D eigenvalue weighted by molar-refractivity contribution is 7.21. The molecule has 1 aliphatic heterocycles. The zero-order valence-electron chi connectivity index (χ0n) is 14.1. The predicted molar refractivity (Wildman–Crippen MR) is 99.1 cm³/mol. The van der Waals surface area contributed by atoms with Crippen LogP contribution in [0.3, 0.4) is 0 Å². The van der Waals surface area contributed by atoms with Crippen molar-refractivity contribution in [1.29, 1.82) is 0 Å². The van der Waals surface area contributed by atoms with E-state index in [-0.39, 0.29) is 10.6 Å². The summed E-state index contributed by atoms with van der Waals surface area (Å²) in [5.41, 5.74) is 1.31. The topological polar surface area (TPSA) is 28.2 Å². The van der Waals surface area contributed by atoms with E-state index >= 15 is 0 Å². The van der Waals surface area contributed by atoms with Crippen molar-refractivity contribution in [1.82, 2.24) is 9.88 Å². The van der Waals surface area contributed by atoms with Crippen LogP contribution in [-0.2, 0) is 0 Å². The maximum absolute atomic E-state index is 14.0. The molecule has 0 saturated carbocycles. The molecule has 26 heavy (non-hydrogen) atoms. The van der Waals surface area contributed by atoms with Gasteiger partial charge in [-0.25, -0.2) is 18.2 Å². The first-order chi connectivity index (χ1) is 12.6. The van der Waals surface area contributed by atoms with Crippen molar-refractivity contribution in [2.24, 2.45) is 0 Å². The number of hydrogen-bond donors (Lipinski definition) is 1. The van der Waals surface area contributed by atoms with E-state index in [9.17, 15) is 13.2 Å². The van der Waals surface area contributed by atoms with Gasteiger partial charge in [0.2, 0.25) is 0 Å². The van der Waals surface area contributed by atoms with E-state index in [2.05, 4.69) is 15.2 Å². The number of nitrogens with zero attached hydrogens (tertiary/aromatic N) is 2. The number of halogens is 3. The van der Waals surface area contributed by atoms with Crippen LogP contribution in [0.25, 0.3) is 20.8 Å². The number of thiazole rings is 1. The molecule has 1 N–H and O–H groups in total. The number of hydrogen-bond acceptors (Lipinski definition) is 4. The molecule has 1 fully saturated rings. The van der Waals surface area contributed by atoms with Crippen LogP contribution in [0.4, 0.5) is 18.9 Å². The molecular formula is C19H18F3N3S. The summed E-state index contributed by atoms with van der Waals surface area (Å²) < 4.78 is 41.9. The second kappa shape index (κ2) is 7.25. The fourth-order valence-electron chi connectivity index (χ4n) is 3.26. The Balaban J connectivity index is 1.54. The summed E-state index contributed by atoms with van der Waals surface area (Å²) in [6.45, 7) is 4.14. The number of fused-ring (bicyclic) bond motifs is 1. The lowest BCUT2D eigenvalue weighted by Crippen LogP contribution is -2.25. The summed E-state index contributed by atoms with van der Waals surface area (Å²) in [6.07, 6.45) is 2.54.